The number of benzene rings is 1. The van der Waals surface area contributed by atoms with Crippen molar-refractivity contribution in [2.24, 2.45) is 5.92 Å². The third-order valence-electron chi connectivity index (χ3n) is 6.68. The van der Waals surface area contributed by atoms with Crippen LogP contribution in [0.4, 0.5) is 28.5 Å². The molecule has 1 N–H and O–H groups in total. The Labute approximate surface area is 210 Å². The Balaban J connectivity index is 1.42. The maximum Gasteiger partial charge on any atom is 0.417 e. The Kier molecular flexibility index (Phi) is 6.59. The molecule has 3 heterocycles. The molecule has 1 aliphatic rings. The van der Waals surface area contributed by atoms with Gasteiger partial charge in [0.2, 0.25) is 5.95 Å². The molecule has 36 heavy (non-hydrogen) atoms. The molecule has 0 bridgehead atoms. The van der Waals surface area contributed by atoms with Crippen LogP contribution in [0, 0.1) is 18.7 Å². The molecule has 1 aromatic carbocycles. The predicted molar refractivity (Wildman–Crippen MR) is 133 cm³/mol. The summed E-state index contributed by atoms with van der Waals surface area (Å²) in [5.74, 6) is -0.0391. The van der Waals surface area contributed by atoms with E-state index in [4.69, 9.17) is 0 Å². The molecule has 0 spiro atoms. The standard InChI is InChI=1S/C25H26F4N6S/c1-3-34(22-12-15(2)33-36-22)14-16-6-4-8-21(16)30-24-31-23-18(7-5-11-35(23)32-24)19-13-17(26)9-10-20(19)25(27,28)29/h5,7,9-13,16,21H,3-4,6,8,14H2,1-2H3,(H,30,32)/t16-,21+/m0/s1. The summed E-state index contributed by atoms with van der Waals surface area (Å²) in [4.78, 5) is 6.86. The Hall–Kier alpha value is -3.21. The molecule has 6 nitrogen and oxygen atoms in total. The van der Waals surface area contributed by atoms with E-state index in [0.29, 0.717) is 11.9 Å². The van der Waals surface area contributed by atoms with Gasteiger partial charge in [0.05, 0.1) is 11.3 Å². The Morgan fingerprint density at radius 1 is 1.17 bits per heavy atom. The number of nitrogens with one attached hydrogen (secondary N) is 1. The molecule has 5 rings (SSSR count). The Morgan fingerprint density at radius 2 is 2.00 bits per heavy atom. The van der Waals surface area contributed by atoms with E-state index in [2.05, 4.69) is 37.7 Å². The number of aryl methyl sites for hydroxylation is 1. The molecule has 4 aromatic rings. The van der Waals surface area contributed by atoms with Gasteiger partial charge in [-0.3, -0.25) is 0 Å². The van der Waals surface area contributed by atoms with Crippen LogP contribution in [-0.4, -0.2) is 38.1 Å². The molecule has 0 amide bonds. The second kappa shape index (κ2) is 9.68. The lowest BCUT2D eigenvalue weighted by atomic mass is 10.00. The number of fused-ring (bicyclic) bond motifs is 1. The van der Waals surface area contributed by atoms with Gasteiger partial charge in [0.25, 0.3) is 0 Å². The third kappa shape index (κ3) is 4.88. The average Bonchev–Trinajstić information content (AvgIpc) is 3.56. The van der Waals surface area contributed by atoms with Crippen LogP contribution < -0.4 is 10.2 Å². The van der Waals surface area contributed by atoms with Crippen molar-refractivity contribution < 1.29 is 17.6 Å². The van der Waals surface area contributed by atoms with E-state index in [9.17, 15) is 17.6 Å². The second-order valence-electron chi connectivity index (χ2n) is 9.10. The summed E-state index contributed by atoms with van der Waals surface area (Å²) >= 11 is 1.50. The van der Waals surface area contributed by atoms with Crippen LogP contribution in [-0.2, 0) is 6.18 Å². The molecule has 190 valence electrons. The molecule has 0 saturated heterocycles. The van der Waals surface area contributed by atoms with Gasteiger partial charge >= 0.3 is 6.18 Å². The third-order valence-corrected chi connectivity index (χ3v) is 7.62. The van der Waals surface area contributed by atoms with Crippen LogP contribution in [0.2, 0.25) is 0 Å². The first-order valence-corrected chi connectivity index (χ1v) is 12.7. The van der Waals surface area contributed by atoms with Gasteiger partial charge in [-0.2, -0.15) is 22.5 Å². The van der Waals surface area contributed by atoms with Crippen LogP contribution in [0.1, 0.15) is 37.4 Å². The van der Waals surface area contributed by atoms with Gasteiger partial charge in [0, 0.05) is 36.5 Å². The fraction of sp³-hybridized carbons (Fsp3) is 0.400. The van der Waals surface area contributed by atoms with E-state index in [1.807, 2.05) is 6.92 Å². The molecular formula is C25H26F4N6S. The fourth-order valence-electron chi connectivity index (χ4n) is 4.93. The minimum Gasteiger partial charge on any atom is -0.362 e. The van der Waals surface area contributed by atoms with Gasteiger partial charge in [0.15, 0.2) is 5.65 Å². The highest BCUT2D eigenvalue weighted by atomic mass is 32.1. The van der Waals surface area contributed by atoms with Gasteiger partial charge in [-0.25, -0.2) is 8.91 Å². The van der Waals surface area contributed by atoms with Crippen molar-refractivity contribution in [3.63, 3.8) is 0 Å². The van der Waals surface area contributed by atoms with Crippen molar-refractivity contribution in [2.75, 3.05) is 23.3 Å². The van der Waals surface area contributed by atoms with Crippen LogP contribution in [0.5, 0.6) is 0 Å². The van der Waals surface area contributed by atoms with E-state index >= 15 is 0 Å². The molecule has 2 atom stereocenters. The predicted octanol–water partition coefficient (Wildman–Crippen LogP) is 6.43. The lowest BCUT2D eigenvalue weighted by Gasteiger charge is -2.28. The van der Waals surface area contributed by atoms with Crippen molar-refractivity contribution in [1.29, 1.82) is 0 Å². The van der Waals surface area contributed by atoms with Crippen LogP contribution in [0.3, 0.4) is 0 Å². The number of nitrogens with zero attached hydrogens (tertiary/aromatic N) is 5. The van der Waals surface area contributed by atoms with Gasteiger partial charge in [-0.15, -0.1) is 5.10 Å². The summed E-state index contributed by atoms with van der Waals surface area (Å²) in [5.41, 5.74) is 0.241. The SMILES string of the molecule is CCN(C[C@@H]1CCC[C@H]1Nc1nc2c(-c3cc(F)ccc3C(F)(F)F)cccn2n1)c1cc(C)ns1. The Bertz CT molecular complexity index is 1360. The zero-order valence-corrected chi connectivity index (χ0v) is 20.7. The molecule has 0 aliphatic heterocycles. The molecule has 1 saturated carbocycles. The van der Waals surface area contributed by atoms with Crippen molar-refractivity contribution in [3.05, 3.63) is 59.7 Å². The normalized spacial score (nSPS) is 18.2. The molecule has 3 aromatic heterocycles. The van der Waals surface area contributed by atoms with Gasteiger partial charge in [0.1, 0.15) is 10.8 Å². The molecular weight excluding hydrogens is 492 g/mol. The quantitative estimate of drug-likeness (QED) is 0.286. The molecule has 0 unspecified atom stereocenters. The smallest absolute Gasteiger partial charge is 0.362 e. The highest BCUT2D eigenvalue weighted by Crippen LogP contribution is 2.39. The first-order chi connectivity index (χ1) is 17.2. The molecule has 11 heteroatoms. The van der Waals surface area contributed by atoms with Crippen LogP contribution in [0.25, 0.3) is 16.8 Å². The van der Waals surface area contributed by atoms with Crippen LogP contribution >= 0.6 is 11.5 Å². The molecule has 0 radical (unpaired) electrons. The van der Waals surface area contributed by atoms with Crippen molar-refractivity contribution >= 4 is 28.1 Å². The largest absolute Gasteiger partial charge is 0.417 e. The summed E-state index contributed by atoms with van der Waals surface area (Å²) in [5, 5.41) is 9.04. The number of aromatic nitrogens is 4. The number of hydrogen-bond donors (Lipinski definition) is 1. The van der Waals surface area contributed by atoms with Crippen molar-refractivity contribution in [3.8, 4) is 11.1 Å². The average molecular weight is 519 g/mol. The number of anilines is 2. The number of pyridine rings is 1. The minimum absolute atomic E-state index is 0.133. The summed E-state index contributed by atoms with van der Waals surface area (Å²) < 4.78 is 60.8. The Morgan fingerprint density at radius 3 is 2.72 bits per heavy atom. The van der Waals surface area contributed by atoms with E-state index in [1.165, 1.54) is 22.1 Å². The van der Waals surface area contributed by atoms with E-state index in [-0.39, 0.29) is 22.8 Å². The zero-order chi connectivity index (χ0) is 25.4. The highest BCUT2D eigenvalue weighted by molar-refractivity contribution is 7.10. The van der Waals surface area contributed by atoms with E-state index < -0.39 is 17.6 Å². The number of hydrogen-bond acceptors (Lipinski definition) is 6. The maximum atomic E-state index is 14.0. The molecule has 1 aliphatic carbocycles. The van der Waals surface area contributed by atoms with Gasteiger partial charge in [-0.1, -0.05) is 6.42 Å². The fourth-order valence-corrected chi connectivity index (χ4v) is 5.77. The van der Waals surface area contributed by atoms with Crippen molar-refractivity contribution in [1.82, 2.24) is 19.0 Å². The topological polar surface area (TPSA) is 58.4 Å². The highest BCUT2D eigenvalue weighted by Gasteiger charge is 2.35. The number of halogens is 4. The van der Waals surface area contributed by atoms with Crippen LogP contribution in [0.15, 0.2) is 42.6 Å². The lowest BCUT2D eigenvalue weighted by Crippen LogP contribution is -2.35. The van der Waals surface area contributed by atoms with Gasteiger partial charge < -0.3 is 10.2 Å². The van der Waals surface area contributed by atoms with E-state index in [1.54, 1.807) is 12.3 Å². The second-order valence-corrected chi connectivity index (χ2v) is 9.88. The summed E-state index contributed by atoms with van der Waals surface area (Å²) in [6.07, 6.45) is 0.0756. The van der Waals surface area contributed by atoms with Gasteiger partial charge in [-0.05, 0) is 80.5 Å². The number of rotatable bonds is 7. The summed E-state index contributed by atoms with van der Waals surface area (Å²) in [6.45, 7) is 5.85. The van der Waals surface area contributed by atoms with E-state index in [0.717, 1.165) is 61.2 Å². The monoisotopic (exact) mass is 518 g/mol. The first kappa shape index (κ1) is 24.5. The summed E-state index contributed by atoms with van der Waals surface area (Å²) in [6, 6.07) is 7.79. The first-order valence-electron chi connectivity index (χ1n) is 11.9. The maximum absolute atomic E-state index is 14.0. The number of alkyl halides is 3. The minimum atomic E-state index is -4.63. The molecule has 1 fully saturated rings. The lowest BCUT2D eigenvalue weighted by molar-refractivity contribution is -0.137. The zero-order valence-electron chi connectivity index (χ0n) is 19.9. The van der Waals surface area contributed by atoms with Crippen molar-refractivity contribution in [2.45, 2.75) is 45.3 Å². The summed E-state index contributed by atoms with van der Waals surface area (Å²) in [7, 11) is 0.